The first-order chi connectivity index (χ1) is 10.8. The van der Waals surface area contributed by atoms with Crippen LogP contribution >= 0.6 is 0 Å². The van der Waals surface area contributed by atoms with Gasteiger partial charge in [0.1, 0.15) is 12.2 Å². The Morgan fingerprint density at radius 1 is 1.41 bits per heavy atom. The van der Waals surface area contributed by atoms with Gasteiger partial charge in [0.05, 0.1) is 5.41 Å². The van der Waals surface area contributed by atoms with Crippen molar-refractivity contribution >= 4 is 5.91 Å². The van der Waals surface area contributed by atoms with Crippen LogP contribution < -0.4 is 10.6 Å². The molecule has 2 saturated carbocycles. The summed E-state index contributed by atoms with van der Waals surface area (Å²) >= 11 is 0. The molecule has 0 aromatic carbocycles. The Labute approximate surface area is 131 Å². The number of nitrogens with zero attached hydrogens (tertiary/aromatic N) is 3. The Morgan fingerprint density at radius 2 is 2.32 bits per heavy atom. The van der Waals surface area contributed by atoms with Crippen molar-refractivity contribution < 1.29 is 4.79 Å². The lowest BCUT2D eigenvalue weighted by Crippen LogP contribution is -2.48. The number of carbonyl (C=O) groups is 1. The number of aromatic nitrogens is 3. The predicted octanol–water partition coefficient (Wildman–Crippen LogP) is 1.05. The number of amides is 1. The number of nitrogens with one attached hydrogen (secondary N) is 2. The minimum Gasteiger partial charge on any atom is -0.354 e. The van der Waals surface area contributed by atoms with Crippen molar-refractivity contribution in [1.29, 1.82) is 0 Å². The number of hydrogen-bond donors (Lipinski definition) is 2. The highest BCUT2D eigenvalue weighted by Gasteiger charge is 2.49. The lowest BCUT2D eigenvalue weighted by Gasteiger charge is -2.37. The van der Waals surface area contributed by atoms with E-state index in [1.165, 1.54) is 32.1 Å². The van der Waals surface area contributed by atoms with Crippen molar-refractivity contribution in [2.45, 2.75) is 51.0 Å². The molecule has 1 aliphatic heterocycles. The zero-order chi connectivity index (χ0) is 15.0. The normalized spacial score (nSPS) is 31.0. The van der Waals surface area contributed by atoms with E-state index in [2.05, 4.69) is 25.4 Å². The molecule has 2 N–H and O–H groups in total. The number of carbonyl (C=O) groups excluding carboxylic acids is 1. The first kappa shape index (κ1) is 14.2. The van der Waals surface area contributed by atoms with Crippen molar-refractivity contribution in [3.8, 4) is 0 Å². The lowest BCUT2D eigenvalue weighted by atomic mass is 9.67. The smallest absolute Gasteiger partial charge is 0.227 e. The monoisotopic (exact) mass is 303 g/mol. The summed E-state index contributed by atoms with van der Waals surface area (Å²) in [5, 5.41) is 14.8. The molecule has 1 amide bonds. The second kappa shape index (κ2) is 5.65. The highest BCUT2D eigenvalue weighted by molar-refractivity contribution is 5.83. The van der Waals surface area contributed by atoms with E-state index in [1.54, 1.807) is 6.33 Å². The van der Waals surface area contributed by atoms with Crippen LogP contribution in [0.25, 0.3) is 0 Å². The second-order valence-corrected chi connectivity index (χ2v) is 7.14. The Hall–Kier alpha value is -1.43. The first-order valence-corrected chi connectivity index (χ1v) is 8.66. The molecule has 6 nitrogen and oxygen atoms in total. The third-order valence-electron chi connectivity index (χ3n) is 5.72. The fourth-order valence-corrected chi connectivity index (χ4v) is 4.25. The maximum absolute atomic E-state index is 12.8. The maximum Gasteiger partial charge on any atom is 0.227 e. The molecular weight excluding hydrogens is 278 g/mol. The van der Waals surface area contributed by atoms with Gasteiger partial charge < -0.3 is 15.2 Å². The van der Waals surface area contributed by atoms with E-state index in [1.807, 2.05) is 0 Å². The van der Waals surface area contributed by atoms with Gasteiger partial charge in [-0.15, -0.1) is 10.2 Å². The first-order valence-electron chi connectivity index (χ1n) is 8.66. The molecule has 3 fully saturated rings. The van der Waals surface area contributed by atoms with Crippen molar-refractivity contribution in [3.05, 3.63) is 12.2 Å². The van der Waals surface area contributed by atoms with Crippen molar-refractivity contribution in [2.75, 3.05) is 19.6 Å². The van der Waals surface area contributed by atoms with Crippen LogP contribution in [0.2, 0.25) is 0 Å². The average Bonchev–Trinajstić information content (AvgIpc) is 3.11. The summed E-state index contributed by atoms with van der Waals surface area (Å²) in [4.78, 5) is 12.8. The minimum absolute atomic E-state index is 0.148. The molecule has 2 heterocycles. The zero-order valence-corrected chi connectivity index (χ0v) is 13.1. The van der Waals surface area contributed by atoms with Gasteiger partial charge in [-0.1, -0.05) is 12.8 Å². The molecule has 4 rings (SSSR count). The van der Waals surface area contributed by atoms with Gasteiger partial charge in [-0.2, -0.15) is 0 Å². The van der Waals surface area contributed by atoms with Gasteiger partial charge in [-0.05, 0) is 38.1 Å². The lowest BCUT2D eigenvalue weighted by molar-refractivity contribution is -0.134. The average molecular weight is 303 g/mol. The van der Waals surface area contributed by atoms with Crippen molar-refractivity contribution in [3.63, 3.8) is 0 Å². The quantitative estimate of drug-likeness (QED) is 0.853. The van der Waals surface area contributed by atoms with Gasteiger partial charge in [0.15, 0.2) is 0 Å². The summed E-state index contributed by atoms with van der Waals surface area (Å²) < 4.78 is 2.10. The standard InChI is InChI=1S/C16H25N5O/c22-15(16-6-2-1-3-13(16)9-17-10-16)18-7-8-21-11-19-20-14(21)12-4-5-12/h11-13,17H,1-10H2,(H,18,22)/t13-,16+/m0/s1. The summed E-state index contributed by atoms with van der Waals surface area (Å²) in [5.74, 6) is 2.46. The summed E-state index contributed by atoms with van der Waals surface area (Å²) in [6.45, 7) is 3.30. The fraction of sp³-hybridized carbons (Fsp3) is 0.812. The van der Waals surface area contributed by atoms with Crippen LogP contribution in [0.1, 0.15) is 50.3 Å². The molecule has 2 atom stereocenters. The van der Waals surface area contributed by atoms with Crippen LogP contribution in [0.5, 0.6) is 0 Å². The van der Waals surface area contributed by atoms with Crippen LogP contribution in [0.15, 0.2) is 6.33 Å². The maximum atomic E-state index is 12.8. The summed E-state index contributed by atoms with van der Waals surface area (Å²) in [5.41, 5.74) is -0.148. The van der Waals surface area contributed by atoms with Crippen LogP contribution in [0.3, 0.4) is 0 Å². The predicted molar refractivity (Wildman–Crippen MR) is 82.3 cm³/mol. The molecule has 0 spiro atoms. The zero-order valence-electron chi connectivity index (χ0n) is 13.1. The van der Waals surface area contributed by atoms with Gasteiger partial charge >= 0.3 is 0 Å². The molecule has 1 aromatic heterocycles. The molecule has 6 heteroatoms. The van der Waals surface area contributed by atoms with Crippen molar-refractivity contribution in [1.82, 2.24) is 25.4 Å². The topological polar surface area (TPSA) is 71.8 Å². The van der Waals surface area contributed by atoms with E-state index in [0.717, 1.165) is 31.9 Å². The largest absolute Gasteiger partial charge is 0.354 e. The Morgan fingerprint density at radius 3 is 3.18 bits per heavy atom. The van der Waals surface area contributed by atoms with Gasteiger partial charge in [-0.25, -0.2) is 0 Å². The number of rotatable bonds is 5. The van der Waals surface area contributed by atoms with Gasteiger partial charge in [0, 0.05) is 25.6 Å². The van der Waals surface area contributed by atoms with Crippen LogP contribution in [-0.2, 0) is 11.3 Å². The molecule has 3 aliphatic rings. The Kier molecular flexibility index (Phi) is 3.64. The molecule has 0 radical (unpaired) electrons. The molecule has 0 bridgehead atoms. The van der Waals surface area contributed by atoms with E-state index in [0.29, 0.717) is 18.4 Å². The molecule has 1 aromatic rings. The van der Waals surface area contributed by atoms with E-state index >= 15 is 0 Å². The highest BCUT2D eigenvalue weighted by atomic mass is 16.2. The fourth-order valence-electron chi connectivity index (χ4n) is 4.25. The summed E-state index contributed by atoms with van der Waals surface area (Å²) in [6.07, 6.45) is 8.92. The SMILES string of the molecule is O=C(NCCn1cnnc1C1CC1)[C@@]12CCCC[C@H]1CNC2. The van der Waals surface area contributed by atoms with Gasteiger partial charge in [0.25, 0.3) is 0 Å². The molecule has 1 saturated heterocycles. The van der Waals surface area contributed by atoms with E-state index < -0.39 is 0 Å². The summed E-state index contributed by atoms with van der Waals surface area (Å²) in [7, 11) is 0. The number of fused-ring (bicyclic) bond motifs is 1. The molecule has 120 valence electrons. The highest BCUT2D eigenvalue weighted by Crippen LogP contribution is 2.43. The third-order valence-corrected chi connectivity index (χ3v) is 5.72. The Bertz CT molecular complexity index is 552. The molecular formula is C16H25N5O. The number of hydrogen-bond acceptors (Lipinski definition) is 4. The minimum atomic E-state index is -0.148. The van der Waals surface area contributed by atoms with E-state index in [-0.39, 0.29) is 11.3 Å². The molecule has 22 heavy (non-hydrogen) atoms. The van der Waals surface area contributed by atoms with E-state index in [4.69, 9.17) is 0 Å². The van der Waals surface area contributed by atoms with Gasteiger partial charge in [0.2, 0.25) is 5.91 Å². The third kappa shape index (κ3) is 2.43. The molecule has 2 aliphatic carbocycles. The van der Waals surface area contributed by atoms with Crippen LogP contribution in [0, 0.1) is 11.3 Å². The second-order valence-electron chi connectivity index (χ2n) is 7.14. The van der Waals surface area contributed by atoms with Crippen LogP contribution in [0.4, 0.5) is 0 Å². The molecule has 0 unspecified atom stereocenters. The Balaban J connectivity index is 1.35. The van der Waals surface area contributed by atoms with E-state index in [9.17, 15) is 4.79 Å². The van der Waals surface area contributed by atoms with Gasteiger partial charge in [-0.3, -0.25) is 4.79 Å². The summed E-state index contributed by atoms with van der Waals surface area (Å²) in [6, 6.07) is 0. The van der Waals surface area contributed by atoms with Crippen molar-refractivity contribution in [2.24, 2.45) is 11.3 Å². The van der Waals surface area contributed by atoms with Crippen LogP contribution in [-0.4, -0.2) is 40.3 Å².